The third-order valence-electron chi connectivity index (χ3n) is 2.60. The Morgan fingerprint density at radius 3 is 2.15 bits per heavy atom. The number of hydrogen-bond acceptors (Lipinski definition) is 3. The van der Waals surface area contributed by atoms with Crippen LogP contribution in [0.25, 0.3) is 0 Å². The maximum absolute atomic E-state index is 13.7. The number of carbonyl (C=O) groups excluding carboxylic acids is 2. The molecule has 0 atom stereocenters. The van der Waals surface area contributed by atoms with Crippen molar-refractivity contribution in [1.29, 1.82) is 0 Å². The first-order chi connectivity index (χ1) is 9.09. The van der Waals surface area contributed by atoms with Crippen LogP contribution in [0, 0.1) is 11.7 Å². The molecule has 110 valence electrons. The normalized spacial score (nSPS) is 11.6. The first kappa shape index (κ1) is 16.1. The SMILES string of the molecule is COC(=O)c1c(F)cc(C(F)(F)F)cc1C(=O)C(C)C. The number of ketones is 1. The number of rotatable bonds is 3. The van der Waals surface area contributed by atoms with Gasteiger partial charge in [-0.2, -0.15) is 13.2 Å². The van der Waals surface area contributed by atoms with E-state index in [2.05, 4.69) is 4.74 Å². The minimum Gasteiger partial charge on any atom is -0.465 e. The molecule has 0 saturated heterocycles. The zero-order valence-electron chi connectivity index (χ0n) is 11.0. The van der Waals surface area contributed by atoms with Crippen molar-refractivity contribution in [2.24, 2.45) is 5.92 Å². The maximum Gasteiger partial charge on any atom is 0.416 e. The van der Waals surface area contributed by atoms with Gasteiger partial charge in [-0.15, -0.1) is 0 Å². The Kier molecular flexibility index (Phi) is 4.52. The molecule has 20 heavy (non-hydrogen) atoms. The minimum absolute atomic E-state index is 0.170. The summed E-state index contributed by atoms with van der Waals surface area (Å²) in [5.41, 5.74) is -2.73. The summed E-state index contributed by atoms with van der Waals surface area (Å²) in [5.74, 6) is -4.09. The lowest BCUT2D eigenvalue weighted by molar-refractivity contribution is -0.137. The first-order valence-corrected chi connectivity index (χ1v) is 5.62. The number of ether oxygens (including phenoxy) is 1. The van der Waals surface area contributed by atoms with Gasteiger partial charge in [-0.3, -0.25) is 4.79 Å². The Bertz CT molecular complexity index is 547. The van der Waals surface area contributed by atoms with Gasteiger partial charge >= 0.3 is 12.1 Å². The highest BCUT2D eigenvalue weighted by Gasteiger charge is 2.35. The third-order valence-corrected chi connectivity index (χ3v) is 2.60. The van der Waals surface area contributed by atoms with Crippen molar-refractivity contribution in [1.82, 2.24) is 0 Å². The van der Waals surface area contributed by atoms with Gasteiger partial charge in [0, 0.05) is 11.5 Å². The van der Waals surface area contributed by atoms with Gasteiger partial charge < -0.3 is 4.74 Å². The molecule has 1 aromatic carbocycles. The number of alkyl halides is 3. The number of hydrogen-bond donors (Lipinski definition) is 0. The highest BCUT2D eigenvalue weighted by molar-refractivity contribution is 6.07. The van der Waals surface area contributed by atoms with E-state index in [4.69, 9.17) is 0 Å². The molecule has 0 fully saturated rings. The molecule has 7 heteroatoms. The standard InChI is InChI=1S/C13H12F4O3/c1-6(2)11(18)8-4-7(13(15,16)17)5-9(14)10(8)12(19)20-3/h4-6H,1-3H3. The molecule has 0 aliphatic heterocycles. The summed E-state index contributed by atoms with van der Waals surface area (Å²) in [7, 11) is 0.947. The predicted molar refractivity (Wildman–Crippen MR) is 61.9 cm³/mol. The molecule has 0 heterocycles. The number of Topliss-reactive ketones (excluding diaryl/α,β-unsaturated/α-hetero) is 1. The lowest BCUT2D eigenvalue weighted by Gasteiger charge is -2.14. The number of halogens is 4. The molecule has 1 aromatic rings. The Labute approximate surface area is 112 Å². The van der Waals surface area contributed by atoms with Crippen LogP contribution in [0.3, 0.4) is 0 Å². The van der Waals surface area contributed by atoms with Crippen molar-refractivity contribution in [3.8, 4) is 0 Å². The van der Waals surface area contributed by atoms with Crippen LogP contribution < -0.4 is 0 Å². The van der Waals surface area contributed by atoms with E-state index < -0.39 is 46.4 Å². The summed E-state index contributed by atoms with van der Waals surface area (Å²) in [5, 5.41) is 0. The Hall–Kier alpha value is -1.92. The van der Waals surface area contributed by atoms with Crippen LogP contribution in [0.1, 0.15) is 40.1 Å². The molecule has 0 aliphatic carbocycles. The fourth-order valence-electron chi connectivity index (χ4n) is 1.59. The molecule has 0 aliphatic rings. The molecule has 0 N–H and O–H groups in total. The van der Waals surface area contributed by atoms with Gasteiger partial charge in [0.25, 0.3) is 0 Å². The maximum atomic E-state index is 13.7. The summed E-state index contributed by atoms with van der Waals surface area (Å²) in [6.07, 6.45) is -4.82. The predicted octanol–water partition coefficient (Wildman–Crippen LogP) is 3.47. The molecule has 0 aromatic heterocycles. The zero-order chi connectivity index (χ0) is 15.7. The van der Waals surface area contributed by atoms with Gasteiger partial charge in [-0.1, -0.05) is 13.8 Å². The lowest BCUT2D eigenvalue weighted by atomic mass is 9.94. The van der Waals surface area contributed by atoms with Crippen LogP contribution in [0.15, 0.2) is 12.1 Å². The molecule has 3 nitrogen and oxygen atoms in total. The van der Waals surface area contributed by atoms with E-state index in [1.54, 1.807) is 0 Å². The monoisotopic (exact) mass is 292 g/mol. The van der Waals surface area contributed by atoms with Gasteiger partial charge in [0.05, 0.1) is 12.7 Å². The van der Waals surface area contributed by atoms with E-state index in [1.807, 2.05) is 0 Å². The molecule has 0 radical (unpaired) electrons. The third kappa shape index (κ3) is 3.15. The van der Waals surface area contributed by atoms with Gasteiger partial charge in [0.1, 0.15) is 11.4 Å². The number of carbonyl (C=O) groups is 2. The van der Waals surface area contributed by atoms with Crippen molar-refractivity contribution in [3.05, 3.63) is 34.6 Å². The van der Waals surface area contributed by atoms with Crippen molar-refractivity contribution < 1.29 is 31.9 Å². The number of esters is 1. The van der Waals surface area contributed by atoms with Crippen molar-refractivity contribution in [2.45, 2.75) is 20.0 Å². The fourth-order valence-corrected chi connectivity index (χ4v) is 1.59. The van der Waals surface area contributed by atoms with Crippen LogP contribution in [-0.4, -0.2) is 18.9 Å². The topological polar surface area (TPSA) is 43.4 Å². The summed E-state index contributed by atoms with van der Waals surface area (Å²) in [6.45, 7) is 2.86. The molecule has 0 saturated carbocycles. The molecule has 0 amide bonds. The van der Waals surface area contributed by atoms with E-state index in [0.29, 0.717) is 6.07 Å². The summed E-state index contributed by atoms with van der Waals surface area (Å²) < 4.78 is 55.9. The van der Waals surface area contributed by atoms with Crippen LogP contribution in [-0.2, 0) is 10.9 Å². The van der Waals surface area contributed by atoms with Crippen molar-refractivity contribution in [2.75, 3.05) is 7.11 Å². The largest absolute Gasteiger partial charge is 0.465 e. The zero-order valence-corrected chi connectivity index (χ0v) is 11.0. The van der Waals surface area contributed by atoms with Crippen LogP contribution in [0.4, 0.5) is 17.6 Å². The second-order valence-corrected chi connectivity index (χ2v) is 4.39. The molecular formula is C13H12F4O3. The molecule has 0 bridgehead atoms. The van der Waals surface area contributed by atoms with E-state index in [-0.39, 0.29) is 6.07 Å². The molecular weight excluding hydrogens is 280 g/mol. The average Bonchev–Trinajstić information content (AvgIpc) is 2.34. The quantitative estimate of drug-likeness (QED) is 0.487. The van der Waals surface area contributed by atoms with Crippen molar-refractivity contribution in [3.63, 3.8) is 0 Å². The highest BCUT2D eigenvalue weighted by atomic mass is 19.4. The van der Waals surface area contributed by atoms with Gasteiger partial charge in [0.15, 0.2) is 5.78 Å². The van der Waals surface area contributed by atoms with Crippen LogP contribution in [0.2, 0.25) is 0 Å². The van der Waals surface area contributed by atoms with Gasteiger partial charge in [-0.25, -0.2) is 9.18 Å². The van der Waals surface area contributed by atoms with Crippen LogP contribution in [0.5, 0.6) is 0 Å². The highest BCUT2D eigenvalue weighted by Crippen LogP contribution is 2.32. The van der Waals surface area contributed by atoms with E-state index >= 15 is 0 Å². The number of benzene rings is 1. The second kappa shape index (κ2) is 5.60. The fraction of sp³-hybridized carbons (Fsp3) is 0.385. The second-order valence-electron chi connectivity index (χ2n) is 4.39. The lowest BCUT2D eigenvalue weighted by Crippen LogP contribution is -2.19. The average molecular weight is 292 g/mol. The van der Waals surface area contributed by atoms with Gasteiger partial charge in [-0.05, 0) is 12.1 Å². The summed E-state index contributed by atoms with van der Waals surface area (Å²) in [6, 6.07) is 0.640. The van der Waals surface area contributed by atoms with E-state index in [9.17, 15) is 27.2 Å². The molecule has 0 unspecified atom stereocenters. The molecule has 0 spiro atoms. The van der Waals surface area contributed by atoms with Gasteiger partial charge in [0.2, 0.25) is 0 Å². The minimum atomic E-state index is -4.82. The molecule has 1 rings (SSSR count). The first-order valence-electron chi connectivity index (χ1n) is 5.62. The number of methoxy groups -OCH3 is 1. The van der Waals surface area contributed by atoms with E-state index in [1.165, 1.54) is 13.8 Å². The summed E-state index contributed by atoms with van der Waals surface area (Å²) >= 11 is 0. The Balaban J connectivity index is 3.61. The Morgan fingerprint density at radius 2 is 1.75 bits per heavy atom. The summed E-state index contributed by atoms with van der Waals surface area (Å²) in [4.78, 5) is 23.3. The Morgan fingerprint density at radius 1 is 1.20 bits per heavy atom. The van der Waals surface area contributed by atoms with Crippen molar-refractivity contribution >= 4 is 11.8 Å². The smallest absolute Gasteiger partial charge is 0.416 e. The van der Waals surface area contributed by atoms with E-state index in [0.717, 1.165) is 7.11 Å². The van der Waals surface area contributed by atoms with Crippen LogP contribution >= 0.6 is 0 Å².